The average Bonchev–Trinajstić information content (AvgIpc) is 3.26. The van der Waals surface area contributed by atoms with Gasteiger partial charge in [-0.05, 0) is 36.8 Å². The van der Waals surface area contributed by atoms with Gasteiger partial charge < -0.3 is 21.1 Å². The number of benzene rings is 2. The number of primary amides is 1. The molecule has 1 amide bonds. The largest absolute Gasteiger partial charge is 0.462 e. The molecule has 4 rings (SSSR count). The molecular formula is C22H20N6O3S. The summed E-state index contributed by atoms with van der Waals surface area (Å²) in [5.74, 6) is -0.310. The number of ether oxygens (including phenoxy) is 1. The van der Waals surface area contributed by atoms with E-state index in [1.807, 2.05) is 30.3 Å². The van der Waals surface area contributed by atoms with Gasteiger partial charge in [0.15, 0.2) is 5.13 Å². The summed E-state index contributed by atoms with van der Waals surface area (Å²) in [7, 11) is 0. The van der Waals surface area contributed by atoms with Gasteiger partial charge in [-0.1, -0.05) is 29.5 Å². The van der Waals surface area contributed by atoms with Crippen LogP contribution in [0.4, 0.5) is 16.6 Å². The molecule has 32 heavy (non-hydrogen) atoms. The molecule has 0 atom stereocenters. The van der Waals surface area contributed by atoms with E-state index >= 15 is 0 Å². The predicted molar refractivity (Wildman–Crippen MR) is 123 cm³/mol. The highest BCUT2D eigenvalue weighted by Crippen LogP contribution is 2.25. The van der Waals surface area contributed by atoms with E-state index in [0.717, 1.165) is 11.3 Å². The van der Waals surface area contributed by atoms with Crippen molar-refractivity contribution in [2.75, 3.05) is 17.2 Å². The zero-order valence-electron chi connectivity index (χ0n) is 17.2. The molecule has 0 spiro atoms. The molecule has 0 saturated heterocycles. The van der Waals surface area contributed by atoms with E-state index in [-0.39, 0.29) is 5.97 Å². The summed E-state index contributed by atoms with van der Waals surface area (Å²) in [6, 6.07) is 13.0. The second-order valence-corrected chi connectivity index (χ2v) is 7.75. The SMILES string of the molecule is CCOC(=O)c1cnc(Nc2cccc(CNc3ncnc4c(C(N)=O)cccc34)c2)s1. The lowest BCUT2D eigenvalue weighted by molar-refractivity contribution is 0.0531. The van der Waals surface area contributed by atoms with Crippen LogP contribution in [0.2, 0.25) is 0 Å². The molecule has 0 aliphatic heterocycles. The number of carbonyl (C=O) groups excluding carboxylic acids is 2. The average molecular weight is 449 g/mol. The maximum atomic E-state index is 11.8. The lowest BCUT2D eigenvalue weighted by Crippen LogP contribution is -2.12. The van der Waals surface area contributed by atoms with Crippen molar-refractivity contribution in [3.63, 3.8) is 0 Å². The Balaban J connectivity index is 1.48. The summed E-state index contributed by atoms with van der Waals surface area (Å²) in [5, 5.41) is 7.80. The normalized spacial score (nSPS) is 10.7. The standard InChI is InChI=1S/C22H20N6O3S/c1-2-31-21(30)17-11-25-22(32-17)28-14-6-3-5-13(9-14)10-24-20-16-8-4-7-15(19(23)29)18(16)26-12-27-20/h3-9,11-12H,2,10H2,1H3,(H2,23,29)(H,25,28)(H,24,26,27). The molecule has 10 heteroatoms. The van der Waals surface area contributed by atoms with Crippen molar-refractivity contribution < 1.29 is 14.3 Å². The highest BCUT2D eigenvalue weighted by atomic mass is 32.1. The Morgan fingerprint density at radius 3 is 2.78 bits per heavy atom. The molecule has 0 fully saturated rings. The van der Waals surface area contributed by atoms with Gasteiger partial charge in [0.2, 0.25) is 0 Å². The second-order valence-electron chi connectivity index (χ2n) is 6.72. The molecule has 0 bridgehead atoms. The van der Waals surface area contributed by atoms with Crippen LogP contribution in [0.1, 0.15) is 32.5 Å². The van der Waals surface area contributed by atoms with Gasteiger partial charge in [0.25, 0.3) is 5.91 Å². The summed E-state index contributed by atoms with van der Waals surface area (Å²) in [6.07, 6.45) is 2.90. The zero-order chi connectivity index (χ0) is 22.5. The minimum absolute atomic E-state index is 0.319. The number of anilines is 3. The van der Waals surface area contributed by atoms with Crippen molar-refractivity contribution in [3.05, 3.63) is 71.0 Å². The third kappa shape index (κ3) is 4.65. The maximum absolute atomic E-state index is 11.8. The number of para-hydroxylation sites is 1. The van der Waals surface area contributed by atoms with Crippen LogP contribution >= 0.6 is 11.3 Å². The molecular weight excluding hydrogens is 428 g/mol. The van der Waals surface area contributed by atoms with Crippen molar-refractivity contribution >= 4 is 50.8 Å². The molecule has 0 saturated carbocycles. The first-order valence-corrected chi connectivity index (χ1v) is 10.6. The first-order valence-electron chi connectivity index (χ1n) is 9.81. The Kier molecular flexibility index (Phi) is 6.22. The van der Waals surface area contributed by atoms with E-state index in [1.165, 1.54) is 23.9 Å². The van der Waals surface area contributed by atoms with E-state index in [2.05, 4.69) is 25.6 Å². The third-order valence-corrected chi connectivity index (χ3v) is 5.44. The van der Waals surface area contributed by atoms with Gasteiger partial charge in [0, 0.05) is 17.6 Å². The monoisotopic (exact) mass is 448 g/mol. The molecule has 2 heterocycles. The van der Waals surface area contributed by atoms with E-state index in [0.29, 0.717) is 45.4 Å². The zero-order valence-corrected chi connectivity index (χ0v) is 18.0. The Morgan fingerprint density at radius 1 is 1.12 bits per heavy atom. The van der Waals surface area contributed by atoms with Gasteiger partial charge in [-0.25, -0.2) is 19.7 Å². The Hall–Kier alpha value is -4.05. The third-order valence-electron chi connectivity index (χ3n) is 4.55. The van der Waals surface area contributed by atoms with E-state index in [4.69, 9.17) is 10.5 Å². The number of fused-ring (bicyclic) bond motifs is 1. The number of nitrogens with zero attached hydrogens (tertiary/aromatic N) is 3. The van der Waals surface area contributed by atoms with Crippen LogP contribution in [0.3, 0.4) is 0 Å². The van der Waals surface area contributed by atoms with E-state index in [9.17, 15) is 9.59 Å². The van der Waals surface area contributed by atoms with Crippen molar-refractivity contribution in [1.82, 2.24) is 15.0 Å². The highest BCUT2D eigenvalue weighted by Gasteiger charge is 2.12. The van der Waals surface area contributed by atoms with Gasteiger partial charge in [-0.15, -0.1) is 0 Å². The van der Waals surface area contributed by atoms with Crippen LogP contribution in [-0.4, -0.2) is 33.4 Å². The topological polar surface area (TPSA) is 132 Å². The Bertz CT molecular complexity index is 1290. The second kappa shape index (κ2) is 9.40. The minimum Gasteiger partial charge on any atom is -0.462 e. The molecule has 4 N–H and O–H groups in total. The van der Waals surface area contributed by atoms with Crippen LogP contribution in [0.15, 0.2) is 55.0 Å². The summed E-state index contributed by atoms with van der Waals surface area (Å²) in [6.45, 7) is 2.58. The fraction of sp³-hybridized carbons (Fsp3) is 0.136. The molecule has 2 aromatic carbocycles. The van der Waals surface area contributed by atoms with E-state index in [1.54, 1.807) is 19.1 Å². The number of hydrogen-bond donors (Lipinski definition) is 3. The van der Waals surface area contributed by atoms with Crippen LogP contribution in [-0.2, 0) is 11.3 Å². The number of esters is 1. The van der Waals surface area contributed by atoms with Crippen molar-refractivity contribution in [2.45, 2.75) is 13.5 Å². The van der Waals surface area contributed by atoms with Crippen LogP contribution in [0.5, 0.6) is 0 Å². The number of amides is 1. The van der Waals surface area contributed by atoms with E-state index < -0.39 is 5.91 Å². The molecule has 0 radical (unpaired) electrons. The molecule has 0 aliphatic rings. The summed E-state index contributed by atoms with van der Waals surface area (Å²) >= 11 is 1.23. The number of nitrogens with two attached hydrogens (primary N) is 1. The van der Waals surface area contributed by atoms with Crippen LogP contribution < -0.4 is 16.4 Å². The maximum Gasteiger partial charge on any atom is 0.350 e. The number of thiazole rings is 1. The number of aromatic nitrogens is 3. The quantitative estimate of drug-likeness (QED) is 0.348. The summed E-state index contributed by atoms with van der Waals surface area (Å²) < 4.78 is 4.99. The minimum atomic E-state index is -0.535. The molecule has 0 aliphatic carbocycles. The number of nitrogens with one attached hydrogen (secondary N) is 2. The fourth-order valence-corrected chi connectivity index (χ4v) is 3.85. The summed E-state index contributed by atoms with van der Waals surface area (Å²) in [5.41, 5.74) is 8.14. The Morgan fingerprint density at radius 2 is 1.97 bits per heavy atom. The smallest absolute Gasteiger partial charge is 0.350 e. The highest BCUT2D eigenvalue weighted by molar-refractivity contribution is 7.17. The molecule has 2 aromatic heterocycles. The van der Waals surface area contributed by atoms with Gasteiger partial charge in [0.1, 0.15) is 17.0 Å². The van der Waals surface area contributed by atoms with Gasteiger partial charge in [0.05, 0.1) is 23.9 Å². The predicted octanol–water partition coefficient (Wildman–Crippen LogP) is 3.72. The Labute approximate surface area is 187 Å². The molecule has 162 valence electrons. The number of hydrogen-bond acceptors (Lipinski definition) is 9. The molecule has 9 nitrogen and oxygen atoms in total. The van der Waals surface area contributed by atoms with Crippen LogP contribution in [0, 0.1) is 0 Å². The van der Waals surface area contributed by atoms with Gasteiger partial charge in [-0.3, -0.25) is 4.79 Å². The first-order chi connectivity index (χ1) is 15.5. The van der Waals surface area contributed by atoms with Gasteiger partial charge in [-0.2, -0.15) is 0 Å². The number of carbonyl (C=O) groups is 2. The van der Waals surface area contributed by atoms with Crippen molar-refractivity contribution in [1.29, 1.82) is 0 Å². The summed E-state index contributed by atoms with van der Waals surface area (Å²) in [4.78, 5) is 36.7. The fourth-order valence-electron chi connectivity index (χ4n) is 3.12. The molecule has 4 aromatic rings. The lowest BCUT2D eigenvalue weighted by atomic mass is 10.1. The number of rotatable bonds is 8. The van der Waals surface area contributed by atoms with Crippen LogP contribution in [0.25, 0.3) is 10.9 Å². The van der Waals surface area contributed by atoms with Gasteiger partial charge >= 0.3 is 5.97 Å². The van der Waals surface area contributed by atoms with Crippen molar-refractivity contribution in [2.24, 2.45) is 5.73 Å². The van der Waals surface area contributed by atoms with Crippen molar-refractivity contribution in [3.8, 4) is 0 Å². The first kappa shape index (κ1) is 21.2. The molecule has 0 unspecified atom stereocenters. The lowest BCUT2D eigenvalue weighted by Gasteiger charge is -2.11.